The van der Waals surface area contributed by atoms with E-state index in [0.717, 1.165) is 6.42 Å². The molecule has 6 nitrogen and oxygen atoms in total. The number of carbonyl (C=O) groups is 1. The molecule has 1 fully saturated rings. The average molecular weight is 381 g/mol. The number of hydrogen-bond acceptors (Lipinski definition) is 4. The van der Waals surface area contributed by atoms with Crippen LogP contribution in [0.5, 0.6) is 5.75 Å². The van der Waals surface area contributed by atoms with Crippen LogP contribution in [0.1, 0.15) is 12.8 Å². The summed E-state index contributed by atoms with van der Waals surface area (Å²) in [6.07, 6.45) is 1.47. The molecular formula is C18H18ClFN2O4. The number of nitrogens with zero attached hydrogens (tertiary/aromatic N) is 1. The van der Waals surface area contributed by atoms with Crippen molar-refractivity contribution in [2.45, 2.75) is 25.0 Å². The molecule has 2 heterocycles. The molecule has 1 aromatic carbocycles. The van der Waals surface area contributed by atoms with Gasteiger partial charge in [0.05, 0.1) is 11.1 Å². The molecule has 2 aromatic rings. The van der Waals surface area contributed by atoms with Crippen LogP contribution >= 0.6 is 11.6 Å². The van der Waals surface area contributed by atoms with Gasteiger partial charge in [0.25, 0.3) is 0 Å². The Hall–Kier alpha value is -2.38. The van der Waals surface area contributed by atoms with Gasteiger partial charge in [-0.15, -0.1) is 0 Å². The van der Waals surface area contributed by atoms with Gasteiger partial charge >= 0.3 is 6.09 Å². The number of aromatic nitrogens is 1. The summed E-state index contributed by atoms with van der Waals surface area (Å²) >= 11 is 5.71. The molecule has 1 saturated heterocycles. The van der Waals surface area contributed by atoms with Crippen molar-refractivity contribution in [2.75, 3.05) is 13.2 Å². The summed E-state index contributed by atoms with van der Waals surface area (Å²) in [4.78, 5) is 14.9. The van der Waals surface area contributed by atoms with Crippen LogP contribution in [-0.2, 0) is 4.74 Å². The Bertz CT molecular complexity index is 772. The smallest absolute Gasteiger partial charge is 0.404 e. The predicted molar refractivity (Wildman–Crippen MR) is 94.1 cm³/mol. The minimum absolute atomic E-state index is 0.210. The first kappa shape index (κ1) is 18.4. The first-order valence-electron chi connectivity index (χ1n) is 8.18. The fourth-order valence-electron chi connectivity index (χ4n) is 2.84. The average Bonchev–Trinajstić information content (AvgIpc) is 2.61. The standard InChI is InChI=1S/C18H18ClFN2O4/c19-12-8-14(20)17(21-9-12)11-3-5-13(6-4-11)26-10-16-15(22-18(23)24)2-1-7-25-16/h3-6,8-9,15-16,22H,1-2,7,10H2,(H,23,24)/t15-,16+/m0/s1. The van der Waals surface area contributed by atoms with Gasteiger partial charge in [-0.1, -0.05) is 11.6 Å². The number of benzene rings is 1. The highest BCUT2D eigenvalue weighted by atomic mass is 35.5. The topological polar surface area (TPSA) is 80.7 Å². The number of amides is 1. The summed E-state index contributed by atoms with van der Waals surface area (Å²) in [7, 11) is 0. The van der Waals surface area contributed by atoms with E-state index >= 15 is 0 Å². The molecule has 1 aliphatic heterocycles. The molecule has 1 amide bonds. The minimum Gasteiger partial charge on any atom is -0.491 e. The number of carboxylic acid groups (broad SMARTS) is 1. The maximum absolute atomic E-state index is 13.9. The highest BCUT2D eigenvalue weighted by Crippen LogP contribution is 2.25. The van der Waals surface area contributed by atoms with Gasteiger partial charge in [0, 0.05) is 18.4 Å². The van der Waals surface area contributed by atoms with Crippen LogP contribution in [-0.4, -0.2) is 41.5 Å². The Morgan fingerprint density at radius 1 is 1.42 bits per heavy atom. The third kappa shape index (κ3) is 4.62. The van der Waals surface area contributed by atoms with Crippen molar-refractivity contribution in [3.63, 3.8) is 0 Å². The van der Waals surface area contributed by atoms with E-state index in [4.69, 9.17) is 26.2 Å². The summed E-state index contributed by atoms with van der Waals surface area (Å²) < 4.78 is 25.2. The second-order valence-corrected chi connectivity index (χ2v) is 6.36. The van der Waals surface area contributed by atoms with Gasteiger partial charge in [-0.3, -0.25) is 4.98 Å². The second-order valence-electron chi connectivity index (χ2n) is 5.93. The summed E-state index contributed by atoms with van der Waals surface area (Å²) in [5.41, 5.74) is 0.813. The molecule has 138 valence electrons. The second kappa shape index (κ2) is 8.33. The van der Waals surface area contributed by atoms with Crippen LogP contribution in [0, 0.1) is 5.82 Å². The summed E-state index contributed by atoms with van der Waals surface area (Å²) in [6.45, 7) is 0.796. The molecule has 0 unspecified atom stereocenters. The van der Waals surface area contributed by atoms with Crippen molar-refractivity contribution in [1.82, 2.24) is 10.3 Å². The highest BCUT2D eigenvalue weighted by molar-refractivity contribution is 6.30. The van der Waals surface area contributed by atoms with E-state index in [2.05, 4.69) is 10.3 Å². The monoisotopic (exact) mass is 380 g/mol. The zero-order valence-corrected chi connectivity index (χ0v) is 14.6. The Morgan fingerprint density at radius 3 is 2.88 bits per heavy atom. The molecule has 2 N–H and O–H groups in total. The molecule has 8 heteroatoms. The van der Waals surface area contributed by atoms with Crippen molar-refractivity contribution in [3.05, 3.63) is 47.4 Å². The predicted octanol–water partition coefficient (Wildman–Crippen LogP) is 3.74. The zero-order chi connectivity index (χ0) is 18.5. The van der Waals surface area contributed by atoms with Gasteiger partial charge in [-0.05, 0) is 43.2 Å². The lowest BCUT2D eigenvalue weighted by molar-refractivity contribution is -0.0318. The van der Waals surface area contributed by atoms with Crippen LogP contribution < -0.4 is 10.1 Å². The molecule has 2 atom stereocenters. The molecule has 0 spiro atoms. The quantitative estimate of drug-likeness (QED) is 0.826. The molecule has 1 aliphatic rings. The molecular weight excluding hydrogens is 363 g/mol. The Labute approximate surface area is 154 Å². The Morgan fingerprint density at radius 2 is 2.19 bits per heavy atom. The van der Waals surface area contributed by atoms with E-state index in [1.165, 1.54) is 12.3 Å². The lowest BCUT2D eigenvalue weighted by Crippen LogP contribution is -2.49. The van der Waals surface area contributed by atoms with Crippen LogP contribution in [0.3, 0.4) is 0 Å². The first-order chi connectivity index (χ1) is 12.5. The van der Waals surface area contributed by atoms with Gasteiger partial charge in [-0.2, -0.15) is 0 Å². The van der Waals surface area contributed by atoms with E-state index in [1.807, 2.05) is 0 Å². The fourth-order valence-corrected chi connectivity index (χ4v) is 2.99. The normalized spacial score (nSPS) is 19.8. The van der Waals surface area contributed by atoms with Crippen LogP contribution in [0.2, 0.25) is 5.02 Å². The number of nitrogens with one attached hydrogen (secondary N) is 1. The molecule has 0 aliphatic carbocycles. The lowest BCUT2D eigenvalue weighted by atomic mass is 10.0. The third-order valence-corrected chi connectivity index (χ3v) is 4.31. The maximum atomic E-state index is 13.9. The fraction of sp³-hybridized carbons (Fsp3) is 0.333. The lowest BCUT2D eigenvalue weighted by Gasteiger charge is -2.31. The van der Waals surface area contributed by atoms with Crippen molar-refractivity contribution in [1.29, 1.82) is 0 Å². The van der Waals surface area contributed by atoms with Crippen molar-refractivity contribution < 1.29 is 23.8 Å². The minimum atomic E-state index is -1.08. The van der Waals surface area contributed by atoms with Crippen molar-refractivity contribution in [2.24, 2.45) is 0 Å². The van der Waals surface area contributed by atoms with Crippen molar-refractivity contribution in [3.8, 4) is 17.0 Å². The van der Waals surface area contributed by atoms with Gasteiger partial charge in [0.1, 0.15) is 24.2 Å². The summed E-state index contributed by atoms with van der Waals surface area (Å²) in [5, 5.41) is 11.6. The Kier molecular flexibility index (Phi) is 5.90. The van der Waals surface area contributed by atoms with Crippen LogP contribution in [0.4, 0.5) is 9.18 Å². The van der Waals surface area contributed by atoms with Gasteiger partial charge in [-0.25, -0.2) is 9.18 Å². The van der Waals surface area contributed by atoms with E-state index < -0.39 is 11.9 Å². The number of hydrogen-bond donors (Lipinski definition) is 2. The van der Waals surface area contributed by atoms with Crippen LogP contribution in [0.15, 0.2) is 36.5 Å². The van der Waals surface area contributed by atoms with E-state index in [9.17, 15) is 9.18 Å². The van der Waals surface area contributed by atoms with Gasteiger partial charge < -0.3 is 19.9 Å². The largest absolute Gasteiger partial charge is 0.491 e. The van der Waals surface area contributed by atoms with Crippen LogP contribution in [0.25, 0.3) is 11.3 Å². The van der Waals surface area contributed by atoms with E-state index in [0.29, 0.717) is 24.3 Å². The number of pyridine rings is 1. The molecule has 0 radical (unpaired) electrons. The molecule has 26 heavy (non-hydrogen) atoms. The molecule has 0 saturated carbocycles. The van der Waals surface area contributed by atoms with Gasteiger partial charge in [0.2, 0.25) is 0 Å². The van der Waals surface area contributed by atoms with Gasteiger partial charge in [0.15, 0.2) is 5.82 Å². The number of halogens is 2. The summed E-state index contributed by atoms with van der Waals surface area (Å²) in [6, 6.07) is 7.71. The van der Waals surface area contributed by atoms with Crippen molar-refractivity contribution >= 4 is 17.7 Å². The number of rotatable bonds is 5. The third-order valence-electron chi connectivity index (χ3n) is 4.10. The first-order valence-corrected chi connectivity index (χ1v) is 8.56. The molecule has 3 rings (SSSR count). The summed E-state index contributed by atoms with van der Waals surface area (Å²) in [5.74, 6) is 0.0794. The maximum Gasteiger partial charge on any atom is 0.404 e. The zero-order valence-electron chi connectivity index (χ0n) is 13.8. The highest BCUT2D eigenvalue weighted by Gasteiger charge is 2.28. The van der Waals surface area contributed by atoms with E-state index in [-0.39, 0.29) is 29.5 Å². The SMILES string of the molecule is O=C(O)N[C@H]1CCCO[C@@H]1COc1ccc(-c2ncc(Cl)cc2F)cc1. The molecule has 1 aromatic heterocycles. The number of ether oxygens (including phenoxy) is 2. The molecule has 0 bridgehead atoms. The van der Waals surface area contributed by atoms with E-state index in [1.54, 1.807) is 24.3 Å². The Balaban J connectivity index is 1.63.